The first-order valence-electron chi connectivity index (χ1n) is 7.80. The van der Waals surface area contributed by atoms with Gasteiger partial charge in [-0.15, -0.1) is 0 Å². The molecular weight excluding hydrogens is 323 g/mol. The third-order valence-electron chi connectivity index (χ3n) is 3.03. The second kappa shape index (κ2) is 9.83. The smallest absolute Gasteiger partial charge is 0.320 e. The number of amides is 2. The van der Waals surface area contributed by atoms with Crippen molar-refractivity contribution < 1.29 is 18.7 Å². The summed E-state index contributed by atoms with van der Waals surface area (Å²) in [4.78, 5) is 11.8. The summed E-state index contributed by atoms with van der Waals surface area (Å²) in [5.74, 6) is 5.75. The van der Waals surface area contributed by atoms with Crippen molar-refractivity contribution in [3.63, 3.8) is 0 Å². The van der Waals surface area contributed by atoms with E-state index in [9.17, 15) is 9.18 Å². The van der Waals surface area contributed by atoms with E-state index in [0.29, 0.717) is 18.0 Å². The molecule has 0 bridgehead atoms. The lowest BCUT2D eigenvalue weighted by atomic mass is 10.3. The Bertz CT molecular complexity index is 769. The van der Waals surface area contributed by atoms with Gasteiger partial charge in [-0.2, -0.15) is 0 Å². The Labute approximate surface area is 146 Å². The molecule has 0 saturated carbocycles. The summed E-state index contributed by atoms with van der Waals surface area (Å²) in [5.41, 5.74) is 0.581. The fraction of sp³-hybridized carbons (Fsp3) is 0.211. The van der Waals surface area contributed by atoms with Gasteiger partial charge in [0.2, 0.25) is 0 Å². The summed E-state index contributed by atoms with van der Waals surface area (Å²) in [5, 5.41) is 5.30. The van der Waals surface area contributed by atoms with Crippen LogP contribution in [0.25, 0.3) is 0 Å². The van der Waals surface area contributed by atoms with E-state index in [0.717, 1.165) is 0 Å². The minimum atomic E-state index is -0.435. The molecule has 0 heterocycles. The van der Waals surface area contributed by atoms with Crippen molar-refractivity contribution >= 4 is 11.7 Å². The molecule has 2 rings (SSSR count). The summed E-state index contributed by atoms with van der Waals surface area (Å²) < 4.78 is 23.9. The molecule has 5 nitrogen and oxygen atoms in total. The predicted octanol–water partition coefficient (Wildman–Crippen LogP) is 3.43. The number of carbonyl (C=O) groups is 1. The molecule has 0 aliphatic rings. The van der Waals surface area contributed by atoms with E-state index in [-0.39, 0.29) is 18.9 Å². The minimum Gasteiger partial charge on any atom is -0.492 e. The number of carbonyl (C=O) groups excluding carboxylic acids is 1. The second-order valence-corrected chi connectivity index (χ2v) is 4.81. The molecule has 2 aromatic carbocycles. The highest BCUT2D eigenvalue weighted by molar-refractivity contribution is 5.91. The van der Waals surface area contributed by atoms with Crippen molar-refractivity contribution in [1.29, 1.82) is 0 Å². The zero-order valence-electron chi connectivity index (χ0n) is 13.8. The number of anilines is 1. The highest BCUT2D eigenvalue weighted by Gasteiger charge is 2.05. The fourth-order valence-electron chi connectivity index (χ4n) is 1.93. The lowest BCUT2D eigenvalue weighted by Gasteiger charge is -2.11. The summed E-state index contributed by atoms with van der Waals surface area (Å²) in [6.07, 6.45) is 0. The molecule has 0 atom stereocenters. The van der Waals surface area contributed by atoms with Gasteiger partial charge in [0.05, 0.1) is 18.8 Å². The predicted molar refractivity (Wildman–Crippen MR) is 94.3 cm³/mol. The molecule has 2 aromatic rings. The number of hydrogen-bond acceptors (Lipinski definition) is 3. The number of halogens is 1. The summed E-state index contributed by atoms with van der Waals surface area (Å²) in [6, 6.07) is 12.9. The van der Waals surface area contributed by atoms with Crippen molar-refractivity contribution in [2.75, 3.05) is 25.1 Å². The van der Waals surface area contributed by atoms with Crippen molar-refractivity contribution in [1.82, 2.24) is 5.32 Å². The Morgan fingerprint density at radius 1 is 1.04 bits per heavy atom. The number of benzene rings is 2. The van der Waals surface area contributed by atoms with Crippen molar-refractivity contribution in [3.05, 3.63) is 54.3 Å². The first-order chi connectivity index (χ1) is 12.2. The van der Waals surface area contributed by atoms with Crippen LogP contribution in [0.1, 0.15) is 6.92 Å². The third-order valence-corrected chi connectivity index (χ3v) is 3.03. The molecule has 25 heavy (non-hydrogen) atoms. The standard InChI is InChI=1S/C19H19FN2O3/c1-2-24-18-12-6-4-10-16(18)22-19(23)21-13-7-8-14-25-17-11-5-3-9-15(17)20/h3-6,9-12H,2,13-14H2,1H3,(H2,21,22,23). The van der Waals surface area contributed by atoms with Crippen LogP contribution in [0.3, 0.4) is 0 Å². The van der Waals surface area contributed by atoms with Gasteiger partial charge in [0, 0.05) is 0 Å². The Hall–Kier alpha value is -3.20. The molecule has 6 heteroatoms. The SMILES string of the molecule is CCOc1ccccc1NC(=O)NCC#CCOc1ccccc1F. The van der Waals surface area contributed by atoms with Crippen LogP contribution in [0.15, 0.2) is 48.5 Å². The van der Waals surface area contributed by atoms with Crippen LogP contribution in [-0.4, -0.2) is 25.8 Å². The van der Waals surface area contributed by atoms with Gasteiger partial charge in [-0.3, -0.25) is 0 Å². The van der Waals surface area contributed by atoms with E-state index in [1.165, 1.54) is 12.1 Å². The molecule has 2 N–H and O–H groups in total. The average Bonchev–Trinajstić information content (AvgIpc) is 2.61. The summed E-state index contributed by atoms with van der Waals surface area (Å²) in [7, 11) is 0. The van der Waals surface area contributed by atoms with E-state index in [4.69, 9.17) is 9.47 Å². The van der Waals surface area contributed by atoms with E-state index in [1.807, 2.05) is 13.0 Å². The van der Waals surface area contributed by atoms with E-state index >= 15 is 0 Å². The van der Waals surface area contributed by atoms with Crippen LogP contribution in [0.4, 0.5) is 14.9 Å². The number of para-hydroxylation sites is 3. The third kappa shape index (κ3) is 6.07. The number of ether oxygens (including phenoxy) is 2. The molecule has 0 aliphatic carbocycles. The van der Waals surface area contributed by atoms with Gasteiger partial charge in [0.25, 0.3) is 0 Å². The maximum absolute atomic E-state index is 13.3. The quantitative estimate of drug-likeness (QED) is 0.791. The molecule has 2 amide bonds. The fourth-order valence-corrected chi connectivity index (χ4v) is 1.93. The summed E-state index contributed by atoms with van der Waals surface area (Å²) in [6.45, 7) is 2.56. The molecule has 130 valence electrons. The topological polar surface area (TPSA) is 59.6 Å². The lowest BCUT2D eigenvalue weighted by molar-refractivity contribution is 0.253. The monoisotopic (exact) mass is 342 g/mol. The van der Waals surface area contributed by atoms with Gasteiger partial charge in [0.15, 0.2) is 11.6 Å². The number of nitrogens with one attached hydrogen (secondary N) is 2. The Morgan fingerprint density at radius 3 is 2.52 bits per heavy atom. The van der Waals surface area contributed by atoms with E-state index in [2.05, 4.69) is 22.5 Å². The largest absolute Gasteiger partial charge is 0.492 e. The Kier molecular flexibility index (Phi) is 7.13. The molecule has 0 saturated heterocycles. The Balaban J connectivity index is 1.73. The van der Waals surface area contributed by atoms with E-state index in [1.54, 1.807) is 30.3 Å². The normalized spacial score (nSPS) is 9.52. The van der Waals surface area contributed by atoms with Crippen LogP contribution in [0.5, 0.6) is 11.5 Å². The molecule has 0 radical (unpaired) electrons. The van der Waals surface area contributed by atoms with Crippen LogP contribution >= 0.6 is 0 Å². The van der Waals surface area contributed by atoms with Crippen LogP contribution in [-0.2, 0) is 0 Å². The molecule has 0 aliphatic heterocycles. The molecule has 0 fully saturated rings. The number of urea groups is 1. The van der Waals surface area contributed by atoms with Gasteiger partial charge < -0.3 is 20.1 Å². The molecule has 0 aromatic heterocycles. The zero-order valence-corrected chi connectivity index (χ0v) is 13.8. The van der Waals surface area contributed by atoms with Gasteiger partial charge in [-0.05, 0) is 31.2 Å². The maximum Gasteiger partial charge on any atom is 0.320 e. The van der Waals surface area contributed by atoms with E-state index < -0.39 is 11.8 Å². The number of rotatable bonds is 6. The van der Waals surface area contributed by atoms with Crippen LogP contribution < -0.4 is 20.1 Å². The van der Waals surface area contributed by atoms with Crippen LogP contribution in [0, 0.1) is 17.7 Å². The highest BCUT2D eigenvalue weighted by Crippen LogP contribution is 2.23. The lowest BCUT2D eigenvalue weighted by Crippen LogP contribution is -2.29. The molecule has 0 spiro atoms. The first-order valence-corrected chi connectivity index (χ1v) is 7.80. The average molecular weight is 342 g/mol. The van der Waals surface area contributed by atoms with Gasteiger partial charge in [0.1, 0.15) is 12.4 Å². The molecule has 0 unspecified atom stereocenters. The van der Waals surface area contributed by atoms with Crippen LogP contribution in [0.2, 0.25) is 0 Å². The highest BCUT2D eigenvalue weighted by atomic mass is 19.1. The van der Waals surface area contributed by atoms with Gasteiger partial charge in [-0.25, -0.2) is 9.18 Å². The minimum absolute atomic E-state index is 0.0391. The van der Waals surface area contributed by atoms with Crippen molar-refractivity contribution in [3.8, 4) is 23.3 Å². The Morgan fingerprint density at radius 2 is 1.76 bits per heavy atom. The van der Waals surface area contributed by atoms with Crippen molar-refractivity contribution in [2.45, 2.75) is 6.92 Å². The zero-order chi connectivity index (χ0) is 17.9. The first kappa shape index (κ1) is 18.1. The van der Waals surface area contributed by atoms with Crippen molar-refractivity contribution in [2.24, 2.45) is 0 Å². The molecular formula is C19H19FN2O3. The maximum atomic E-state index is 13.3. The van der Waals surface area contributed by atoms with Gasteiger partial charge >= 0.3 is 6.03 Å². The summed E-state index contributed by atoms with van der Waals surface area (Å²) >= 11 is 0. The second-order valence-electron chi connectivity index (χ2n) is 4.81. The number of hydrogen-bond donors (Lipinski definition) is 2. The van der Waals surface area contributed by atoms with Gasteiger partial charge in [-0.1, -0.05) is 36.1 Å².